The molecule has 2 aromatic rings. The summed E-state index contributed by atoms with van der Waals surface area (Å²) in [7, 11) is 1.61. The van der Waals surface area contributed by atoms with Gasteiger partial charge in [-0.05, 0) is 55.8 Å². The van der Waals surface area contributed by atoms with Crippen LogP contribution in [-0.4, -0.2) is 31.1 Å². The number of benzene rings is 2. The van der Waals surface area contributed by atoms with Gasteiger partial charge in [0.2, 0.25) is 0 Å². The van der Waals surface area contributed by atoms with E-state index < -0.39 is 0 Å². The van der Waals surface area contributed by atoms with Gasteiger partial charge in [-0.3, -0.25) is 4.79 Å². The first-order valence-electron chi connectivity index (χ1n) is 7.87. The maximum atomic E-state index is 12.9. The van der Waals surface area contributed by atoms with Crippen molar-refractivity contribution in [3.63, 3.8) is 0 Å². The fourth-order valence-corrected chi connectivity index (χ4v) is 2.51. The van der Waals surface area contributed by atoms with Gasteiger partial charge in [-0.15, -0.1) is 0 Å². The van der Waals surface area contributed by atoms with Crippen LogP contribution in [0.4, 0.5) is 4.39 Å². The van der Waals surface area contributed by atoms with Crippen molar-refractivity contribution < 1.29 is 18.7 Å². The third kappa shape index (κ3) is 4.47. The number of methoxy groups -OCH3 is 1. The monoisotopic (exact) mass is 331 g/mol. The number of carbonyl (C=O) groups excluding carboxylic acids is 1. The predicted molar refractivity (Wildman–Crippen MR) is 90.7 cm³/mol. The topological polar surface area (TPSA) is 38.8 Å². The molecule has 0 aliphatic rings. The highest BCUT2D eigenvalue weighted by molar-refractivity contribution is 5.78. The van der Waals surface area contributed by atoms with Gasteiger partial charge in [-0.25, -0.2) is 4.39 Å². The zero-order valence-electron chi connectivity index (χ0n) is 14.2. The minimum absolute atomic E-state index is 0.0895. The molecule has 2 aromatic carbocycles. The average molecular weight is 331 g/mol. The van der Waals surface area contributed by atoms with Gasteiger partial charge in [0.05, 0.1) is 13.2 Å². The fraction of sp³-hybridized carbons (Fsp3) is 0.316. The number of hydrogen-bond donors (Lipinski definition) is 0. The maximum Gasteiger partial charge on any atom is 0.260 e. The largest absolute Gasteiger partial charge is 0.497 e. The SMILES string of the molecule is CCN(C(=O)COc1ccc(F)cc1)C(C)c1cccc(OC)c1. The third-order valence-corrected chi connectivity index (χ3v) is 3.88. The van der Waals surface area contributed by atoms with E-state index in [2.05, 4.69) is 0 Å². The Balaban J connectivity index is 2.03. The van der Waals surface area contributed by atoms with Crippen molar-refractivity contribution in [1.29, 1.82) is 0 Å². The molecule has 0 fully saturated rings. The zero-order valence-corrected chi connectivity index (χ0v) is 14.2. The molecule has 24 heavy (non-hydrogen) atoms. The normalized spacial score (nSPS) is 11.7. The Bertz CT molecular complexity index is 673. The molecule has 0 aliphatic carbocycles. The minimum Gasteiger partial charge on any atom is -0.497 e. The summed E-state index contributed by atoms with van der Waals surface area (Å²) in [5.41, 5.74) is 0.992. The van der Waals surface area contributed by atoms with E-state index in [-0.39, 0.29) is 24.4 Å². The predicted octanol–water partition coefficient (Wildman–Crippen LogP) is 3.82. The molecular weight excluding hydrogens is 309 g/mol. The second-order valence-corrected chi connectivity index (χ2v) is 5.37. The minimum atomic E-state index is -0.337. The van der Waals surface area contributed by atoms with Crippen LogP contribution in [0.5, 0.6) is 11.5 Å². The molecule has 0 saturated carbocycles. The highest BCUT2D eigenvalue weighted by atomic mass is 19.1. The highest BCUT2D eigenvalue weighted by Crippen LogP contribution is 2.24. The van der Waals surface area contributed by atoms with Gasteiger partial charge >= 0.3 is 0 Å². The van der Waals surface area contributed by atoms with Crippen molar-refractivity contribution in [2.24, 2.45) is 0 Å². The Morgan fingerprint density at radius 2 is 1.88 bits per heavy atom. The van der Waals surface area contributed by atoms with Crippen LogP contribution in [0.15, 0.2) is 48.5 Å². The van der Waals surface area contributed by atoms with Crippen molar-refractivity contribution in [1.82, 2.24) is 4.90 Å². The first-order valence-corrected chi connectivity index (χ1v) is 7.87. The number of likely N-dealkylation sites (N-methyl/N-ethyl adjacent to an activating group) is 1. The molecule has 1 atom stereocenters. The Labute approximate surface area is 141 Å². The average Bonchev–Trinajstić information content (AvgIpc) is 2.61. The quantitative estimate of drug-likeness (QED) is 0.774. The smallest absolute Gasteiger partial charge is 0.260 e. The Morgan fingerprint density at radius 3 is 2.50 bits per heavy atom. The summed E-state index contributed by atoms with van der Waals surface area (Å²) in [6.07, 6.45) is 0. The van der Waals surface area contributed by atoms with Gasteiger partial charge in [0.15, 0.2) is 6.61 Å². The van der Waals surface area contributed by atoms with E-state index in [1.54, 1.807) is 12.0 Å². The summed E-state index contributed by atoms with van der Waals surface area (Å²) in [6.45, 7) is 4.36. The Morgan fingerprint density at radius 1 is 1.17 bits per heavy atom. The second kappa shape index (κ2) is 8.34. The molecule has 1 amide bonds. The van der Waals surface area contributed by atoms with E-state index in [0.717, 1.165) is 11.3 Å². The fourth-order valence-electron chi connectivity index (χ4n) is 2.51. The lowest BCUT2D eigenvalue weighted by Gasteiger charge is -2.28. The van der Waals surface area contributed by atoms with Crippen LogP contribution in [0.25, 0.3) is 0 Å². The van der Waals surface area contributed by atoms with E-state index in [0.29, 0.717) is 12.3 Å². The van der Waals surface area contributed by atoms with Crippen molar-refractivity contribution in [2.75, 3.05) is 20.3 Å². The zero-order chi connectivity index (χ0) is 17.5. The summed E-state index contributed by atoms with van der Waals surface area (Å²) < 4.78 is 23.6. The molecular formula is C19H22FNO3. The van der Waals surface area contributed by atoms with E-state index in [9.17, 15) is 9.18 Å². The van der Waals surface area contributed by atoms with Crippen LogP contribution < -0.4 is 9.47 Å². The van der Waals surface area contributed by atoms with Crippen molar-refractivity contribution in [3.05, 3.63) is 59.9 Å². The van der Waals surface area contributed by atoms with Gasteiger partial charge in [-0.2, -0.15) is 0 Å². The standard InChI is InChI=1S/C19H22FNO3/c1-4-21(14(2)15-6-5-7-18(12-15)23-3)19(22)13-24-17-10-8-16(20)9-11-17/h5-12,14H,4,13H2,1-3H3. The summed E-state index contributed by atoms with van der Waals surface area (Å²) in [5.74, 6) is 0.757. The molecule has 0 radical (unpaired) electrons. The van der Waals surface area contributed by atoms with Gasteiger partial charge < -0.3 is 14.4 Å². The molecule has 128 valence electrons. The summed E-state index contributed by atoms with van der Waals surface area (Å²) in [6, 6.07) is 13.2. The Kier molecular flexibility index (Phi) is 6.18. The van der Waals surface area contributed by atoms with E-state index in [1.165, 1.54) is 24.3 Å². The molecule has 0 aromatic heterocycles. The van der Waals surface area contributed by atoms with Crippen molar-refractivity contribution in [2.45, 2.75) is 19.9 Å². The van der Waals surface area contributed by atoms with Crippen molar-refractivity contribution >= 4 is 5.91 Å². The van der Waals surface area contributed by atoms with E-state index >= 15 is 0 Å². The summed E-state index contributed by atoms with van der Waals surface area (Å²) in [5, 5.41) is 0. The molecule has 0 N–H and O–H groups in total. The third-order valence-electron chi connectivity index (χ3n) is 3.88. The van der Waals surface area contributed by atoms with E-state index in [4.69, 9.17) is 9.47 Å². The van der Waals surface area contributed by atoms with Crippen LogP contribution in [0.1, 0.15) is 25.5 Å². The number of rotatable bonds is 7. The van der Waals surface area contributed by atoms with Crippen LogP contribution in [0.3, 0.4) is 0 Å². The van der Waals surface area contributed by atoms with E-state index in [1.807, 2.05) is 38.1 Å². The number of halogens is 1. The first kappa shape index (κ1) is 17.8. The van der Waals surface area contributed by atoms with Crippen LogP contribution >= 0.6 is 0 Å². The molecule has 0 heterocycles. The van der Waals surface area contributed by atoms with Crippen LogP contribution in [0.2, 0.25) is 0 Å². The summed E-state index contributed by atoms with van der Waals surface area (Å²) in [4.78, 5) is 14.2. The first-order chi connectivity index (χ1) is 11.5. The van der Waals surface area contributed by atoms with Crippen LogP contribution in [-0.2, 0) is 4.79 Å². The van der Waals surface area contributed by atoms with Gasteiger partial charge in [-0.1, -0.05) is 12.1 Å². The number of nitrogens with zero attached hydrogens (tertiary/aromatic N) is 1. The lowest BCUT2D eigenvalue weighted by atomic mass is 10.1. The van der Waals surface area contributed by atoms with Crippen LogP contribution in [0, 0.1) is 5.82 Å². The van der Waals surface area contributed by atoms with Gasteiger partial charge in [0.25, 0.3) is 5.91 Å². The van der Waals surface area contributed by atoms with Gasteiger partial charge in [0.1, 0.15) is 17.3 Å². The maximum absolute atomic E-state index is 12.9. The molecule has 0 saturated heterocycles. The number of hydrogen-bond acceptors (Lipinski definition) is 3. The highest BCUT2D eigenvalue weighted by Gasteiger charge is 2.20. The van der Waals surface area contributed by atoms with Crippen molar-refractivity contribution in [3.8, 4) is 11.5 Å². The number of carbonyl (C=O) groups is 1. The second-order valence-electron chi connectivity index (χ2n) is 5.37. The summed E-state index contributed by atoms with van der Waals surface area (Å²) >= 11 is 0. The lowest BCUT2D eigenvalue weighted by Crippen LogP contribution is -2.36. The molecule has 5 heteroatoms. The molecule has 4 nitrogen and oxygen atoms in total. The number of ether oxygens (including phenoxy) is 2. The molecule has 0 bridgehead atoms. The lowest BCUT2D eigenvalue weighted by molar-refractivity contribution is -0.135. The van der Waals surface area contributed by atoms with Gasteiger partial charge in [0, 0.05) is 6.54 Å². The molecule has 2 rings (SSSR count). The Hall–Kier alpha value is -2.56. The molecule has 0 spiro atoms. The molecule has 0 aliphatic heterocycles. The number of amides is 1. The molecule has 1 unspecified atom stereocenters.